The van der Waals surface area contributed by atoms with E-state index in [1.807, 2.05) is 0 Å². The van der Waals surface area contributed by atoms with Crippen molar-refractivity contribution in [1.82, 2.24) is 19.9 Å². The van der Waals surface area contributed by atoms with E-state index in [0.717, 1.165) is 4.90 Å². The van der Waals surface area contributed by atoms with Crippen molar-refractivity contribution >= 4 is 21.7 Å². The van der Waals surface area contributed by atoms with Crippen LogP contribution in [0.25, 0.3) is 0 Å². The van der Waals surface area contributed by atoms with Crippen molar-refractivity contribution in [2.45, 2.75) is 36.1 Å². The zero-order valence-electron chi connectivity index (χ0n) is 10.5. The molecular weight excluding hydrogens is 288 g/mol. The summed E-state index contributed by atoms with van der Waals surface area (Å²) in [5.74, 6) is -2.07. The quantitative estimate of drug-likeness (QED) is 0.550. The van der Waals surface area contributed by atoms with E-state index in [1.54, 1.807) is 0 Å². The van der Waals surface area contributed by atoms with Crippen LogP contribution in [0.4, 0.5) is 0 Å². The van der Waals surface area contributed by atoms with Crippen molar-refractivity contribution in [2.75, 3.05) is 0 Å². The number of rotatable bonds is 3. The van der Waals surface area contributed by atoms with E-state index in [1.165, 1.54) is 24.0 Å². The van der Waals surface area contributed by atoms with Gasteiger partial charge in [0.2, 0.25) is 5.91 Å². The Balaban J connectivity index is 2.10. The van der Waals surface area contributed by atoms with Crippen molar-refractivity contribution in [2.24, 2.45) is 0 Å². The summed E-state index contributed by atoms with van der Waals surface area (Å²) in [4.78, 5) is 23.8. The van der Waals surface area contributed by atoms with Crippen molar-refractivity contribution in [3.63, 3.8) is 0 Å². The van der Waals surface area contributed by atoms with Crippen molar-refractivity contribution in [1.29, 1.82) is 0 Å². The highest BCUT2D eigenvalue weighted by atomic mass is 32.2. The first-order valence-corrected chi connectivity index (χ1v) is 7.43. The summed E-state index contributed by atoms with van der Waals surface area (Å²) >= 11 is 0. The molecule has 9 nitrogen and oxygen atoms in total. The lowest BCUT2D eigenvalue weighted by atomic mass is 9.96. The molecule has 108 valence electrons. The minimum Gasteiger partial charge on any atom is -0.548 e. The van der Waals surface area contributed by atoms with Gasteiger partial charge in [-0.05, 0) is 6.92 Å². The number of hydrogen-bond donors (Lipinski definition) is 0. The summed E-state index contributed by atoms with van der Waals surface area (Å²) in [6.07, 6.45) is 2.61. The molecule has 2 saturated heterocycles. The fraction of sp³-hybridized carbons (Fsp3) is 0.600. The second kappa shape index (κ2) is 3.78. The van der Waals surface area contributed by atoms with E-state index in [4.69, 9.17) is 0 Å². The largest absolute Gasteiger partial charge is 0.548 e. The molecule has 0 radical (unpaired) electrons. The maximum absolute atomic E-state index is 12.5. The van der Waals surface area contributed by atoms with Crippen molar-refractivity contribution in [3.05, 3.63) is 12.4 Å². The third-order valence-electron chi connectivity index (χ3n) is 3.98. The summed E-state index contributed by atoms with van der Waals surface area (Å²) in [5.41, 5.74) is 0. The monoisotopic (exact) mass is 299 g/mol. The van der Waals surface area contributed by atoms with Gasteiger partial charge in [0.1, 0.15) is 10.1 Å². The second-order valence-corrected chi connectivity index (χ2v) is 7.71. The Morgan fingerprint density at radius 1 is 1.60 bits per heavy atom. The van der Waals surface area contributed by atoms with E-state index in [9.17, 15) is 23.1 Å². The maximum Gasteiger partial charge on any atom is 0.227 e. The predicted octanol–water partition coefficient (Wildman–Crippen LogP) is -2.86. The Labute approximate surface area is 114 Å². The topological polar surface area (TPSA) is 125 Å². The van der Waals surface area contributed by atoms with Crippen LogP contribution in [0.3, 0.4) is 0 Å². The van der Waals surface area contributed by atoms with Crippen LogP contribution in [-0.4, -0.2) is 56.4 Å². The minimum atomic E-state index is -3.84. The van der Waals surface area contributed by atoms with Crippen molar-refractivity contribution in [3.8, 4) is 0 Å². The Morgan fingerprint density at radius 3 is 2.80 bits per heavy atom. The van der Waals surface area contributed by atoms with Crippen LogP contribution in [0.5, 0.6) is 0 Å². The molecule has 1 aromatic rings. The number of carbonyl (C=O) groups excluding carboxylic acids is 2. The van der Waals surface area contributed by atoms with E-state index in [2.05, 4.69) is 10.3 Å². The van der Waals surface area contributed by atoms with Crippen molar-refractivity contribution < 1.29 is 23.1 Å². The number of aliphatic carboxylic acids is 1. The molecular formula is C10H11N4O5S-. The highest BCUT2D eigenvalue weighted by Gasteiger charge is 2.68. The molecule has 2 aliphatic rings. The highest BCUT2D eigenvalue weighted by molar-refractivity contribution is 7.93. The number of hydrogen-bond acceptors (Lipinski definition) is 7. The SMILES string of the molecule is C[C@@]1(Cn2ccnn2)[C@@H](C(=O)[O-])N2C(=O)C[C@H]2S1(=O)=O. The van der Waals surface area contributed by atoms with E-state index >= 15 is 0 Å². The van der Waals surface area contributed by atoms with Crippen LogP contribution in [0.1, 0.15) is 13.3 Å². The summed E-state index contributed by atoms with van der Waals surface area (Å²) in [6.45, 7) is 1.10. The first-order valence-electron chi connectivity index (χ1n) is 5.88. The lowest BCUT2D eigenvalue weighted by molar-refractivity contribution is -0.312. The number of fused-ring (bicyclic) bond motifs is 1. The molecule has 0 aliphatic carbocycles. The molecule has 2 fully saturated rings. The summed E-state index contributed by atoms with van der Waals surface area (Å²) in [6, 6.07) is -1.51. The number of nitrogens with zero attached hydrogens (tertiary/aromatic N) is 4. The summed E-state index contributed by atoms with van der Waals surface area (Å²) < 4.78 is 24.6. The maximum atomic E-state index is 12.5. The zero-order valence-corrected chi connectivity index (χ0v) is 11.3. The average molecular weight is 299 g/mol. The van der Waals surface area contributed by atoms with Gasteiger partial charge in [-0.25, -0.2) is 8.42 Å². The Kier molecular flexibility index (Phi) is 2.46. The van der Waals surface area contributed by atoms with Gasteiger partial charge in [-0.3, -0.25) is 9.48 Å². The summed E-state index contributed by atoms with van der Waals surface area (Å²) in [5, 5.41) is 17.5. The van der Waals surface area contributed by atoms with Gasteiger partial charge in [0.05, 0.1) is 31.2 Å². The zero-order chi connectivity index (χ0) is 14.7. The minimum absolute atomic E-state index is 0.181. The number of carboxylic acid groups (broad SMARTS) is 1. The predicted molar refractivity (Wildman–Crippen MR) is 61.4 cm³/mol. The molecule has 0 bridgehead atoms. The van der Waals surface area contributed by atoms with E-state index in [-0.39, 0.29) is 13.0 Å². The summed E-state index contributed by atoms with van der Waals surface area (Å²) in [7, 11) is -3.84. The molecule has 3 rings (SSSR count). The average Bonchev–Trinajstić information content (AvgIpc) is 2.87. The van der Waals surface area contributed by atoms with Crippen LogP contribution in [-0.2, 0) is 26.0 Å². The molecule has 0 unspecified atom stereocenters. The Bertz CT molecular complexity index is 685. The first kappa shape index (κ1) is 13.0. The number of β-lactam (4-membered cyclic amide) rings is 1. The molecule has 3 atom stereocenters. The molecule has 2 aliphatic heterocycles. The Hall–Kier alpha value is -1.97. The van der Waals surface area contributed by atoms with Gasteiger partial charge < -0.3 is 14.8 Å². The van der Waals surface area contributed by atoms with Gasteiger partial charge in [0, 0.05) is 6.20 Å². The number of amides is 1. The molecule has 1 aromatic heterocycles. The van der Waals surface area contributed by atoms with Crippen LogP contribution in [0, 0.1) is 0 Å². The molecule has 0 N–H and O–H groups in total. The molecule has 3 heterocycles. The standard InChI is InChI=1S/C10H12N4O5S/c1-10(5-13-3-2-11-12-13)8(9(16)17)14-6(15)4-7(14)20(10,18)19/h2-3,7-8H,4-5H2,1H3,(H,16,17)/p-1/t7-,8-,10-/m1/s1. The van der Waals surface area contributed by atoms with Gasteiger partial charge in [0.25, 0.3) is 0 Å². The van der Waals surface area contributed by atoms with E-state index in [0.29, 0.717) is 0 Å². The first-order chi connectivity index (χ1) is 9.29. The van der Waals surface area contributed by atoms with Gasteiger partial charge >= 0.3 is 0 Å². The van der Waals surface area contributed by atoms with Gasteiger partial charge in [-0.2, -0.15) is 0 Å². The highest BCUT2D eigenvalue weighted by Crippen LogP contribution is 2.46. The number of carboxylic acids is 1. The van der Waals surface area contributed by atoms with Gasteiger partial charge in [0.15, 0.2) is 9.84 Å². The molecule has 20 heavy (non-hydrogen) atoms. The molecule has 0 aromatic carbocycles. The van der Waals surface area contributed by atoms with Crippen LogP contribution >= 0.6 is 0 Å². The number of carbonyl (C=O) groups is 2. The molecule has 1 amide bonds. The normalized spacial score (nSPS) is 34.6. The third-order valence-corrected chi connectivity index (χ3v) is 6.75. The van der Waals surface area contributed by atoms with E-state index < -0.39 is 37.9 Å². The van der Waals surface area contributed by atoms with Crippen LogP contribution < -0.4 is 5.11 Å². The Morgan fingerprint density at radius 2 is 2.30 bits per heavy atom. The van der Waals surface area contributed by atoms with Crippen LogP contribution in [0.2, 0.25) is 0 Å². The third kappa shape index (κ3) is 1.39. The lowest BCUT2D eigenvalue weighted by Crippen LogP contribution is -2.61. The van der Waals surface area contributed by atoms with Gasteiger partial charge in [-0.1, -0.05) is 5.21 Å². The smallest absolute Gasteiger partial charge is 0.227 e. The van der Waals surface area contributed by atoms with Gasteiger partial charge in [-0.15, -0.1) is 5.10 Å². The fourth-order valence-electron chi connectivity index (χ4n) is 2.91. The lowest BCUT2D eigenvalue weighted by Gasteiger charge is -2.38. The second-order valence-electron chi connectivity index (χ2n) is 5.14. The molecule has 0 saturated carbocycles. The number of aromatic nitrogens is 3. The fourth-order valence-corrected chi connectivity index (χ4v) is 5.26. The molecule has 0 spiro atoms. The molecule has 10 heteroatoms. The van der Waals surface area contributed by atoms with Crippen LogP contribution in [0.15, 0.2) is 12.4 Å². The number of sulfone groups is 1.